The molecule has 1 aromatic heterocycles. The van der Waals surface area contributed by atoms with Gasteiger partial charge < -0.3 is 10.2 Å². The zero-order valence-electron chi connectivity index (χ0n) is 12.4. The lowest BCUT2D eigenvalue weighted by Crippen LogP contribution is -2.36. The molecule has 3 rings (SSSR count). The van der Waals surface area contributed by atoms with Crippen molar-refractivity contribution in [3.05, 3.63) is 53.2 Å². The summed E-state index contributed by atoms with van der Waals surface area (Å²) in [6, 6.07) is 11.7. The van der Waals surface area contributed by atoms with Gasteiger partial charge in [-0.2, -0.15) is 0 Å². The van der Waals surface area contributed by atoms with E-state index in [1.165, 1.54) is 11.1 Å². The van der Waals surface area contributed by atoms with Gasteiger partial charge in [-0.05, 0) is 43.5 Å². The number of anilines is 2. The predicted octanol–water partition coefficient (Wildman–Crippen LogP) is 3.02. The van der Waals surface area contributed by atoms with Gasteiger partial charge in [0.2, 0.25) is 0 Å². The highest BCUT2D eigenvalue weighted by Crippen LogP contribution is 2.29. The Morgan fingerprint density at radius 3 is 2.95 bits per heavy atom. The molecule has 2 heterocycles. The molecule has 0 spiro atoms. The zero-order chi connectivity index (χ0) is 14.8. The summed E-state index contributed by atoms with van der Waals surface area (Å²) >= 11 is 0. The van der Waals surface area contributed by atoms with E-state index >= 15 is 0 Å². The van der Waals surface area contributed by atoms with Crippen LogP contribution in [0.5, 0.6) is 0 Å². The minimum absolute atomic E-state index is 0.0306. The molecule has 0 fully saturated rings. The molecule has 0 bridgehead atoms. The highest BCUT2D eigenvalue weighted by Gasteiger charge is 2.24. The molecule has 1 N–H and O–H groups in total. The molecule has 0 unspecified atom stereocenters. The van der Waals surface area contributed by atoms with Crippen molar-refractivity contribution in [3.8, 4) is 0 Å². The lowest BCUT2D eigenvalue weighted by atomic mass is 9.99. The van der Waals surface area contributed by atoms with Crippen LogP contribution in [0.4, 0.5) is 11.5 Å². The van der Waals surface area contributed by atoms with Crippen molar-refractivity contribution in [3.63, 3.8) is 0 Å². The van der Waals surface area contributed by atoms with Crippen LogP contribution in [0.1, 0.15) is 28.0 Å². The molecule has 0 radical (unpaired) electrons. The third kappa shape index (κ3) is 2.61. The minimum atomic E-state index is -0.0306. The predicted molar refractivity (Wildman–Crippen MR) is 85.0 cm³/mol. The van der Waals surface area contributed by atoms with Gasteiger partial charge >= 0.3 is 0 Å². The quantitative estimate of drug-likeness (QED) is 0.920. The topological polar surface area (TPSA) is 45.2 Å². The van der Waals surface area contributed by atoms with E-state index in [1.807, 2.05) is 23.1 Å². The van der Waals surface area contributed by atoms with Gasteiger partial charge in [-0.25, -0.2) is 4.98 Å². The molecule has 1 aliphatic rings. The number of rotatable bonds is 2. The van der Waals surface area contributed by atoms with Gasteiger partial charge in [-0.1, -0.05) is 23.8 Å². The van der Waals surface area contributed by atoms with Gasteiger partial charge in [-0.15, -0.1) is 0 Å². The van der Waals surface area contributed by atoms with Gasteiger partial charge in [0.25, 0.3) is 5.91 Å². The monoisotopic (exact) mass is 281 g/mol. The number of amides is 1. The maximum absolute atomic E-state index is 12.8. The fourth-order valence-corrected chi connectivity index (χ4v) is 2.77. The molecule has 1 aromatic carbocycles. The van der Waals surface area contributed by atoms with Crippen LogP contribution in [0.2, 0.25) is 0 Å². The second-order valence-corrected chi connectivity index (χ2v) is 5.35. The van der Waals surface area contributed by atoms with Gasteiger partial charge in [0.05, 0.1) is 0 Å². The normalized spacial score (nSPS) is 13.7. The van der Waals surface area contributed by atoms with E-state index < -0.39 is 0 Å². The Bertz CT molecular complexity index is 681. The SMILES string of the molecule is CNc1cccc(C(=O)N2CCCc3cc(C)ccc32)n1. The average Bonchev–Trinajstić information content (AvgIpc) is 2.53. The zero-order valence-corrected chi connectivity index (χ0v) is 12.4. The number of carbonyl (C=O) groups excluding carboxylic acids is 1. The summed E-state index contributed by atoms with van der Waals surface area (Å²) in [6.07, 6.45) is 2.03. The fraction of sp³-hybridized carbons (Fsp3) is 0.294. The highest BCUT2D eigenvalue weighted by atomic mass is 16.2. The number of fused-ring (bicyclic) bond motifs is 1. The van der Waals surface area contributed by atoms with E-state index in [1.54, 1.807) is 13.1 Å². The third-order valence-corrected chi connectivity index (χ3v) is 3.82. The Kier molecular flexibility index (Phi) is 3.60. The summed E-state index contributed by atoms with van der Waals surface area (Å²) in [5.41, 5.74) is 3.99. The van der Waals surface area contributed by atoms with E-state index in [4.69, 9.17) is 0 Å². The molecule has 1 amide bonds. The Morgan fingerprint density at radius 2 is 2.14 bits per heavy atom. The molecule has 0 saturated heterocycles. The van der Waals surface area contributed by atoms with Crippen molar-refractivity contribution in [1.82, 2.24) is 4.98 Å². The number of aryl methyl sites for hydroxylation is 2. The molecule has 2 aromatic rings. The molecule has 21 heavy (non-hydrogen) atoms. The number of carbonyl (C=O) groups is 1. The summed E-state index contributed by atoms with van der Waals surface area (Å²) in [5, 5.41) is 2.97. The van der Waals surface area contributed by atoms with Gasteiger partial charge in [0.15, 0.2) is 0 Å². The molecule has 0 atom stereocenters. The Balaban J connectivity index is 1.96. The first-order valence-electron chi connectivity index (χ1n) is 7.25. The smallest absolute Gasteiger partial charge is 0.276 e. The standard InChI is InChI=1S/C17H19N3O/c1-12-8-9-15-13(11-12)5-4-10-20(15)17(21)14-6-3-7-16(18-2)19-14/h3,6-9,11H,4-5,10H2,1-2H3,(H,18,19). The van der Waals surface area contributed by atoms with Crippen molar-refractivity contribution in [2.75, 3.05) is 23.8 Å². The van der Waals surface area contributed by atoms with E-state index in [2.05, 4.69) is 29.4 Å². The number of benzene rings is 1. The van der Waals surface area contributed by atoms with E-state index in [0.29, 0.717) is 11.5 Å². The summed E-state index contributed by atoms with van der Waals surface area (Å²) in [5.74, 6) is 0.680. The lowest BCUT2D eigenvalue weighted by Gasteiger charge is -2.29. The number of pyridine rings is 1. The molecule has 1 aliphatic heterocycles. The second kappa shape index (κ2) is 5.56. The maximum Gasteiger partial charge on any atom is 0.276 e. The Morgan fingerprint density at radius 1 is 1.29 bits per heavy atom. The third-order valence-electron chi connectivity index (χ3n) is 3.82. The van der Waals surface area contributed by atoms with Crippen LogP contribution in [0, 0.1) is 6.92 Å². The van der Waals surface area contributed by atoms with E-state index in [9.17, 15) is 4.79 Å². The number of nitrogens with zero attached hydrogens (tertiary/aromatic N) is 2. The van der Waals surface area contributed by atoms with Gasteiger partial charge in [-0.3, -0.25) is 4.79 Å². The maximum atomic E-state index is 12.8. The van der Waals surface area contributed by atoms with Crippen LogP contribution < -0.4 is 10.2 Å². The highest BCUT2D eigenvalue weighted by molar-refractivity contribution is 6.05. The molecule has 108 valence electrons. The molecule has 4 nitrogen and oxygen atoms in total. The summed E-state index contributed by atoms with van der Waals surface area (Å²) < 4.78 is 0. The van der Waals surface area contributed by atoms with Crippen molar-refractivity contribution in [2.24, 2.45) is 0 Å². The van der Waals surface area contributed by atoms with Crippen molar-refractivity contribution in [1.29, 1.82) is 0 Å². The first kappa shape index (κ1) is 13.6. The van der Waals surface area contributed by atoms with Gasteiger partial charge in [0, 0.05) is 19.3 Å². The Hall–Kier alpha value is -2.36. The molecule has 4 heteroatoms. The van der Waals surface area contributed by atoms with Gasteiger partial charge in [0.1, 0.15) is 11.5 Å². The average molecular weight is 281 g/mol. The summed E-state index contributed by atoms with van der Waals surface area (Å²) in [6.45, 7) is 2.83. The van der Waals surface area contributed by atoms with Crippen molar-refractivity contribution < 1.29 is 4.79 Å². The summed E-state index contributed by atoms with van der Waals surface area (Å²) in [7, 11) is 1.80. The second-order valence-electron chi connectivity index (χ2n) is 5.35. The number of hydrogen-bond acceptors (Lipinski definition) is 3. The fourth-order valence-electron chi connectivity index (χ4n) is 2.77. The molecular formula is C17H19N3O. The largest absolute Gasteiger partial charge is 0.373 e. The van der Waals surface area contributed by atoms with Crippen molar-refractivity contribution >= 4 is 17.4 Å². The van der Waals surface area contributed by atoms with E-state index in [-0.39, 0.29) is 5.91 Å². The first-order valence-corrected chi connectivity index (χ1v) is 7.25. The number of aromatic nitrogens is 1. The van der Waals surface area contributed by atoms with E-state index in [0.717, 1.165) is 25.1 Å². The minimum Gasteiger partial charge on any atom is -0.373 e. The van der Waals surface area contributed by atoms with Crippen molar-refractivity contribution in [2.45, 2.75) is 19.8 Å². The molecular weight excluding hydrogens is 262 g/mol. The van der Waals surface area contributed by atoms with Crippen LogP contribution in [-0.2, 0) is 6.42 Å². The van der Waals surface area contributed by atoms with Crippen LogP contribution in [0.3, 0.4) is 0 Å². The Labute approximate surface area is 124 Å². The molecule has 0 aliphatic carbocycles. The number of hydrogen-bond donors (Lipinski definition) is 1. The lowest BCUT2D eigenvalue weighted by molar-refractivity contribution is 0.0980. The molecule has 0 saturated carbocycles. The number of nitrogens with one attached hydrogen (secondary N) is 1. The summed E-state index contributed by atoms with van der Waals surface area (Å²) in [4.78, 5) is 19.0. The van der Waals surface area contributed by atoms with Crippen LogP contribution >= 0.6 is 0 Å². The van der Waals surface area contributed by atoms with Crippen LogP contribution in [-0.4, -0.2) is 24.5 Å². The first-order chi connectivity index (χ1) is 10.2. The van der Waals surface area contributed by atoms with Crippen LogP contribution in [0.15, 0.2) is 36.4 Å². The van der Waals surface area contributed by atoms with Crippen LogP contribution in [0.25, 0.3) is 0 Å².